The molecule has 2 rings (SSSR count). The fourth-order valence-electron chi connectivity index (χ4n) is 2.67. The van der Waals surface area contributed by atoms with Gasteiger partial charge in [-0.15, -0.1) is 0 Å². The summed E-state index contributed by atoms with van der Waals surface area (Å²) in [6.45, 7) is 2.67. The Morgan fingerprint density at radius 2 is 1.93 bits per heavy atom. The van der Waals surface area contributed by atoms with Crippen molar-refractivity contribution >= 4 is 11.5 Å². The lowest BCUT2D eigenvalue weighted by atomic mass is 10.0. The van der Waals surface area contributed by atoms with Gasteiger partial charge in [0.25, 0.3) is 0 Å². The van der Waals surface area contributed by atoms with Gasteiger partial charge in [-0.1, -0.05) is 24.3 Å². The van der Waals surface area contributed by atoms with E-state index in [1.807, 2.05) is 25.1 Å². The number of halogens is 1. The van der Waals surface area contributed by atoms with Crippen LogP contribution in [0.5, 0.6) is 11.5 Å². The van der Waals surface area contributed by atoms with E-state index in [1.165, 1.54) is 12.1 Å². The Hall–Kier alpha value is -2.90. The van der Waals surface area contributed by atoms with Gasteiger partial charge >= 0.3 is 5.97 Å². The standard InChI is InChI=1S/C22H26FNO5/c1-2-16(17-6-8-20(9-7-17)29-15-22(26)27)10-11-24-13-19(25)14-28-21-5-3-4-18(23)12-21/h2-9,12,19,24-25H,10-11,13-15H2,1H3,(H,26,27)/b16-2+. The van der Waals surface area contributed by atoms with Gasteiger partial charge in [-0.25, -0.2) is 9.18 Å². The first-order chi connectivity index (χ1) is 14.0. The van der Waals surface area contributed by atoms with Crippen molar-refractivity contribution < 1.29 is 28.9 Å². The molecule has 0 aromatic heterocycles. The Morgan fingerprint density at radius 1 is 1.17 bits per heavy atom. The van der Waals surface area contributed by atoms with Crippen LogP contribution in [0.3, 0.4) is 0 Å². The summed E-state index contributed by atoms with van der Waals surface area (Å²) in [5.41, 5.74) is 2.14. The number of benzene rings is 2. The maximum absolute atomic E-state index is 13.1. The van der Waals surface area contributed by atoms with E-state index in [4.69, 9.17) is 14.6 Å². The van der Waals surface area contributed by atoms with Gasteiger partial charge in [-0.3, -0.25) is 0 Å². The van der Waals surface area contributed by atoms with Gasteiger partial charge in [-0.2, -0.15) is 0 Å². The minimum Gasteiger partial charge on any atom is -0.491 e. The monoisotopic (exact) mass is 403 g/mol. The van der Waals surface area contributed by atoms with Gasteiger partial charge in [0.05, 0.1) is 0 Å². The van der Waals surface area contributed by atoms with E-state index in [-0.39, 0.29) is 19.0 Å². The summed E-state index contributed by atoms with van der Waals surface area (Å²) in [5, 5.41) is 21.8. The number of hydrogen-bond acceptors (Lipinski definition) is 5. The number of aliphatic carboxylic acids is 1. The lowest BCUT2D eigenvalue weighted by Gasteiger charge is -2.14. The summed E-state index contributed by atoms with van der Waals surface area (Å²) in [6, 6.07) is 13.0. The van der Waals surface area contributed by atoms with Crippen LogP contribution >= 0.6 is 0 Å². The van der Waals surface area contributed by atoms with Crippen molar-refractivity contribution in [2.24, 2.45) is 0 Å². The van der Waals surface area contributed by atoms with Crippen LogP contribution in [0.15, 0.2) is 54.6 Å². The van der Waals surface area contributed by atoms with Gasteiger partial charge in [0.2, 0.25) is 0 Å². The van der Waals surface area contributed by atoms with Gasteiger partial charge in [0.15, 0.2) is 6.61 Å². The van der Waals surface area contributed by atoms with Crippen molar-refractivity contribution in [2.45, 2.75) is 19.4 Å². The SMILES string of the molecule is C/C=C(\CCNCC(O)COc1cccc(F)c1)c1ccc(OCC(=O)O)cc1. The van der Waals surface area contributed by atoms with Gasteiger partial charge in [0.1, 0.15) is 30.0 Å². The number of aliphatic hydroxyl groups excluding tert-OH is 1. The average molecular weight is 403 g/mol. The van der Waals surface area contributed by atoms with Crippen LogP contribution in [0.2, 0.25) is 0 Å². The molecular weight excluding hydrogens is 377 g/mol. The molecule has 0 radical (unpaired) electrons. The summed E-state index contributed by atoms with van der Waals surface area (Å²) in [6.07, 6.45) is 2.06. The molecule has 0 aliphatic heterocycles. The van der Waals surface area contributed by atoms with Crippen LogP contribution in [0.4, 0.5) is 4.39 Å². The number of nitrogens with one attached hydrogen (secondary N) is 1. The maximum Gasteiger partial charge on any atom is 0.341 e. The van der Waals surface area contributed by atoms with Crippen LogP contribution < -0.4 is 14.8 Å². The second-order valence-electron chi connectivity index (χ2n) is 6.40. The quantitative estimate of drug-likeness (QED) is 0.472. The van der Waals surface area contributed by atoms with Crippen molar-refractivity contribution in [3.8, 4) is 11.5 Å². The summed E-state index contributed by atoms with van der Waals surface area (Å²) in [4.78, 5) is 10.5. The molecule has 156 valence electrons. The summed E-state index contributed by atoms with van der Waals surface area (Å²) >= 11 is 0. The highest BCUT2D eigenvalue weighted by Gasteiger charge is 2.07. The Labute approximate surface area is 169 Å². The molecule has 6 nitrogen and oxygen atoms in total. The van der Waals surface area contributed by atoms with Crippen LogP contribution in [0, 0.1) is 5.82 Å². The summed E-state index contributed by atoms with van der Waals surface area (Å²) < 4.78 is 23.6. The van der Waals surface area contributed by atoms with Crippen LogP contribution in [0.1, 0.15) is 18.9 Å². The second-order valence-corrected chi connectivity index (χ2v) is 6.40. The lowest BCUT2D eigenvalue weighted by Crippen LogP contribution is -2.32. The van der Waals surface area contributed by atoms with Crippen molar-refractivity contribution in [3.63, 3.8) is 0 Å². The average Bonchev–Trinajstić information content (AvgIpc) is 2.71. The number of allylic oxidation sites excluding steroid dienone is 1. The fourth-order valence-corrected chi connectivity index (χ4v) is 2.67. The molecule has 0 heterocycles. The zero-order valence-electron chi connectivity index (χ0n) is 16.3. The zero-order valence-corrected chi connectivity index (χ0v) is 16.3. The van der Waals surface area contributed by atoms with Crippen LogP contribution in [-0.2, 0) is 4.79 Å². The molecule has 2 aromatic rings. The topological polar surface area (TPSA) is 88.0 Å². The molecule has 1 atom stereocenters. The number of hydrogen-bond donors (Lipinski definition) is 3. The molecule has 0 aliphatic carbocycles. The Kier molecular flexibility index (Phi) is 9.14. The third kappa shape index (κ3) is 8.33. The number of carboxylic acids is 1. The minimum absolute atomic E-state index is 0.0741. The normalized spacial score (nSPS) is 12.4. The molecule has 7 heteroatoms. The number of ether oxygens (including phenoxy) is 2. The van der Waals surface area contributed by atoms with E-state index in [0.717, 1.165) is 17.6 Å². The highest BCUT2D eigenvalue weighted by atomic mass is 19.1. The summed E-state index contributed by atoms with van der Waals surface area (Å²) in [5.74, 6) is -0.504. The molecule has 29 heavy (non-hydrogen) atoms. The highest BCUT2D eigenvalue weighted by Crippen LogP contribution is 2.21. The van der Waals surface area contributed by atoms with E-state index in [9.17, 15) is 14.3 Å². The minimum atomic E-state index is -1.02. The molecule has 2 aromatic carbocycles. The number of carboxylic acid groups (broad SMARTS) is 1. The molecule has 0 saturated carbocycles. The Balaban J connectivity index is 1.70. The molecule has 0 spiro atoms. The van der Waals surface area contributed by atoms with Gasteiger partial charge in [-0.05, 0) is 55.3 Å². The molecule has 0 amide bonds. The van der Waals surface area contributed by atoms with Crippen molar-refractivity contribution in [3.05, 3.63) is 66.0 Å². The smallest absolute Gasteiger partial charge is 0.341 e. The van der Waals surface area contributed by atoms with Crippen molar-refractivity contribution in [1.82, 2.24) is 5.32 Å². The first kappa shape index (κ1) is 22.4. The van der Waals surface area contributed by atoms with Crippen LogP contribution in [-0.4, -0.2) is 48.6 Å². The Bertz CT molecular complexity index is 807. The fraction of sp³-hybridized carbons (Fsp3) is 0.318. The highest BCUT2D eigenvalue weighted by molar-refractivity contribution is 5.69. The maximum atomic E-state index is 13.1. The third-order valence-corrected chi connectivity index (χ3v) is 4.13. The van der Waals surface area contributed by atoms with E-state index in [0.29, 0.717) is 24.6 Å². The largest absolute Gasteiger partial charge is 0.491 e. The second kappa shape index (κ2) is 11.8. The van der Waals surface area contributed by atoms with E-state index in [1.54, 1.807) is 24.3 Å². The van der Waals surface area contributed by atoms with E-state index < -0.39 is 12.1 Å². The molecule has 3 N–H and O–H groups in total. The molecule has 0 bridgehead atoms. The van der Waals surface area contributed by atoms with Gasteiger partial charge in [0, 0.05) is 12.6 Å². The first-order valence-corrected chi connectivity index (χ1v) is 9.35. The van der Waals surface area contributed by atoms with Crippen LogP contribution in [0.25, 0.3) is 5.57 Å². The van der Waals surface area contributed by atoms with Crippen molar-refractivity contribution in [1.29, 1.82) is 0 Å². The van der Waals surface area contributed by atoms with E-state index >= 15 is 0 Å². The molecule has 0 aliphatic rings. The number of rotatable bonds is 12. The Morgan fingerprint density at radius 3 is 2.59 bits per heavy atom. The molecular formula is C22H26FNO5. The third-order valence-electron chi connectivity index (χ3n) is 4.13. The first-order valence-electron chi connectivity index (χ1n) is 9.35. The number of aliphatic hydroxyl groups is 1. The molecule has 0 saturated heterocycles. The predicted molar refractivity (Wildman–Crippen MR) is 109 cm³/mol. The van der Waals surface area contributed by atoms with E-state index in [2.05, 4.69) is 5.32 Å². The predicted octanol–water partition coefficient (Wildman–Crippen LogP) is 3.11. The lowest BCUT2D eigenvalue weighted by molar-refractivity contribution is -0.139. The molecule has 1 unspecified atom stereocenters. The summed E-state index contributed by atoms with van der Waals surface area (Å²) in [7, 11) is 0. The molecule has 0 fully saturated rings. The van der Waals surface area contributed by atoms with Gasteiger partial charge < -0.3 is 25.0 Å². The number of carbonyl (C=O) groups is 1. The zero-order chi connectivity index (χ0) is 21.1. The van der Waals surface area contributed by atoms with Crippen molar-refractivity contribution in [2.75, 3.05) is 26.3 Å².